The highest BCUT2D eigenvalue weighted by molar-refractivity contribution is 14.1. The predicted molar refractivity (Wildman–Crippen MR) is 95.3 cm³/mol. The average Bonchev–Trinajstić information content (AvgIpc) is 2.97. The van der Waals surface area contributed by atoms with Crippen molar-refractivity contribution < 1.29 is 0 Å². The molecule has 0 radical (unpaired) electrons. The Bertz CT molecular complexity index is 729. The van der Waals surface area contributed by atoms with Crippen LogP contribution < -0.4 is 0 Å². The van der Waals surface area contributed by atoms with Gasteiger partial charge in [-0.25, -0.2) is 0 Å². The standard InChI is InChI=1S/C18H17IN2/c1-2-14-6-8-15(9-7-14)12-21-13-17(11-20-21)16-4-3-5-18(19)10-16/h3-11,13H,2,12H2,1H3. The van der Waals surface area contributed by atoms with Crippen molar-refractivity contribution in [2.75, 3.05) is 0 Å². The van der Waals surface area contributed by atoms with Gasteiger partial charge in [0, 0.05) is 15.3 Å². The van der Waals surface area contributed by atoms with E-state index in [1.807, 2.05) is 10.9 Å². The largest absolute Gasteiger partial charge is 0.268 e. The molecule has 0 bridgehead atoms. The lowest BCUT2D eigenvalue weighted by Gasteiger charge is -2.03. The molecule has 0 fully saturated rings. The van der Waals surface area contributed by atoms with Crippen LogP contribution in [0.1, 0.15) is 18.1 Å². The number of hydrogen-bond acceptors (Lipinski definition) is 1. The van der Waals surface area contributed by atoms with Gasteiger partial charge in [0.15, 0.2) is 0 Å². The van der Waals surface area contributed by atoms with Gasteiger partial charge in [0.25, 0.3) is 0 Å². The summed E-state index contributed by atoms with van der Waals surface area (Å²) in [7, 11) is 0. The van der Waals surface area contributed by atoms with Gasteiger partial charge in [-0.1, -0.05) is 43.3 Å². The van der Waals surface area contributed by atoms with Crippen LogP contribution in [0, 0.1) is 3.57 Å². The quantitative estimate of drug-likeness (QED) is 0.589. The highest BCUT2D eigenvalue weighted by Gasteiger charge is 2.03. The minimum Gasteiger partial charge on any atom is -0.268 e. The van der Waals surface area contributed by atoms with Crippen molar-refractivity contribution in [2.24, 2.45) is 0 Å². The van der Waals surface area contributed by atoms with Crippen LogP contribution in [0.25, 0.3) is 11.1 Å². The maximum absolute atomic E-state index is 4.47. The fourth-order valence-electron chi connectivity index (χ4n) is 2.33. The topological polar surface area (TPSA) is 17.8 Å². The van der Waals surface area contributed by atoms with Gasteiger partial charge in [-0.3, -0.25) is 4.68 Å². The summed E-state index contributed by atoms with van der Waals surface area (Å²) in [4.78, 5) is 0. The third kappa shape index (κ3) is 3.53. The summed E-state index contributed by atoms with van der Waals surface area (Å²) >= 11 is 2.34. The molecular weight excluding hydrogens is 371 g/mol. The molecule has 0 unspecified atom stereocenters. The van der Waals surface area contributed by atoms with E-state index in [9.17, 15) is 0 Å². The summed E-state index contributed by atoms with van der Waals surface area (Å²) in [5.74, 6) is 0. The highest BCUT2D eigenvalue weighted by Crippen LogP contribution is 2.21. The third-order valence-electron chi connectivity index (χ3n) is 3.57. The van der Waals surface area contributed by atoms with Crippen molar-refractivity contribution in [1.82, 2.24) is 9.78 Å². The maximum atomic E-state index is 4.47. The zero-order valence-electron chi connectivity index (χ0n) is 12.0. The molecule has 2 nitrogen and oxygen atoms in total. The number of benzene rings is 2. The molecule has 2 aromatic carbocycles. The Morgan fingerprint density at radius 2 is 1.76 bits per heavy atom. The zero-order chi connectivity index (χ0) is 14.7. The monoisotopic (exact) mass is 388 g/mol. The molecule has 106 valence electrons. The van der Waals surface area contributed by atoms with Crippen LogP contribution in [0.4, 0.5) is 0 Å². The molecule has 0 amide bonds. The van der Waals surface area contributed by atoms with E-state index in [0.29, 0.717) is 0 Å². The first-order valence-corrected chi connectivity index (χ1v) is 8.18. The van der Waals surface area contributed by atoms with Crippen molar-refractivity contribution in [3.05, 3.63) is 75.6 Å². The average molecular weight is 388 g/mol. The fourth-order valence-corrected chi connectivity index (χ4v) is 2.88. The van der Waals surface area contributed by atoms with E-state index in [-0.39, 0.29) is 0 Å². The molecule has 0 saturated heterocycles. The molecule has 0 aliphatic rings. The summed E-state index contributed by atoms with van der Waals surface area (Å²) in [5.41, 5.74) is 5.04. The van der Waals surface area contributed by atoms with Crippen LogP contribution in [0.3, 0.4) is 0 Å². The molecule has 3 aromatic rings. The molecule has 0 aliphatic heterocycles. The second-order valence-corrected chi connectivity index (χ2v) is 6.35. The van der Waals surface area contributed by atoms with Crippen LogP contribution in [-0.4, -0.2) is 9.78 Å². The minimum absolute atomic E-state index is 0.813. The normalized spacial score (nSPS) is 10.8. The van der Waals surface area contributed by atoms with Gasteiger partial charge in [-0.15, -0.1) is 0 Å². The van der Waals surface area contributed by atoms with E-state index in [1.165, 1.54) is 25.8 Å². The number of nitrogens with zero attached hydrogens (tertiary/aromatic N) is 2. The molecule has 0 atom stereocenters. The summed E-state index contributed by atoms with van der Waals surface area (Å²) in [6, 6.07) is 17.2. The van der Waals surface area contributed by atoms with Crippen LogP contribution >= 0.6 is 22.6 Å². The Labute approximate surface area is 139 Å². The Balaban J connectivity index is 1.78. The molecule has 0 saturated carbocycles. The summed E-state index contributed by atoms with van der Waals surface area (Å²) in [6.07, 6.45) is 5.13. The van der Waals surface area contributed by atoms with Crippen LogP contribution in [0.5, 0.6) is 0 Å². The lowest BCUT2D eigenvalue weighted by Crippen LogP contribution is -1.99. The lowest BCUT2D eigenvalue weighted by molar-refractivity contribution is 0.687. The molecule has 0 aliphatic carbocycles. The minimum atomic E-state index is 0.813. The van der Waals surface area contributed by atoms with Gasteiger partial charge in [-0.2, -0.15) is 5.10 Å². The zero-order valence-corrected chi connectivity index (χ0v) is 14.1. The van der Waals surface area contributed by atoms with Crippen molar-refractivity contribution in [2.45, 2.75) is 19.9 Å². The van der Waals surface area contributed by atoms with Crippen molar-refractivity contribution in [1.29, 1.82) is 0 Å². The van der Waals surface area contributed by atoms with E-state index in [1.54, 1.807) is 0 Å². The van der Waals surface area contributed by atoms with Crippen molar-refractivity contribution in [3.8, 4) is 11.1 Å². The van der Waals surface area contributed by atoms with Gasteiger partial charge in [0.05, 0.1) is 12.7 Å². The second-order valence-electron chi connectivity index (χ2n) is 5.11. The third-order valence-corrected chi connectivity index (χ3v) is 4.24. The number of halogens is 1. The van der Waals surface area contributed by atoms with Gasteiger partial charge >= 0.3 is 0 Å². The van der Waals surface area contributed by atoms with Crippen molar-refractivity contribution >= 4 is 22.6 Å². The van der Waals surface area contributed by atoms with Crippen molar-refractivity contribution in [3.63, 3.8) is 0 Å². The molecule has 0 spiro atoms. The van der Waals surface area contributed by atoms with E-state index in [2.05, 4.69) is 89.3 Å². The Morgan fingerprint density at radius 1 is 1.00 bits per heavy atom. The van der Waals surface area contributed by atoms with Gasteiger partial charge in [-0.05, 0) is 57.8 Å². The summed E-state index contributed by atoms with van der Waals surface area (Å²) < 4.78 is 3.24. The lowest BCUT2D eigenvalue weighted by atomic mass is 10.1. The van der Waals surface area contributed by atoms with E-state index < -0.39 is 0 Å². The van der Waals surface area contributed by atoms with Gasteiger partial charge < -0.3 is 0 Å². The first-order valence-electron chi connectivity index (χ1n) is 7.11. The number of aryl methyl sites for hydroxylation is 1. The maximum Gasteiger partial charge on any atom is 0.0659 e. The van der Waals surface area contributed by atoms with E-state index in [4.69, 9.17) is 0 Å². The predicted octanol–water partition coefficient (Wildman–Crippen LogP) is 4.77. The summed E-state index contributed by atoms with van der Waals surface area (Å²) in [6.45, 7) is 2.99. The van der Waals surface area contributed by atoms with Gasteiger partial charge in [0.1, 0.15) is 0 Å². The molecule has 1 heterocycles. The number of hydrogen-bond donors (Lipinski definition) is 0. The number of aromatic nitrogens is 2. The highest BCUT2D eigenvalue weighted by atomic mass is 127. The molecule has 21 heavy (non-hydrogen) atoms. The Morgan fingerprint density at radius 3 is 2.48 bits per heavy atom. The molecule has 3 heteroatoms. The second kappa shape index (κ2) is 6.43. The number of rotatable bonds is 4. The molecular formula is C18H17IN2. The summed E-state index contributed by atoms with van der Waals surface area (Å²) in [5, 5.41) is 4.47. The smallest absolute Gasteiger partial charge is 0.0659 e. The fraction of sp³-hybridized carbons (Fsp3) is 0.167. The molecule has 0 N–H and O–H groups in total. The molecule has 3 rings (SSSR count). The van der Waals surface area contributed by atoms with E-state index >= 15 is 0 Å². The van der Waals surface area contributed by atoms with Crippen LogP contribution in [0.15, 0.2) is 60.9 Å². The first-order chi connectivity index (χ1) is 10.2. The molecule has 1 aromatic heterocycles. The van der Waals surface area contributed by atoms with Crippen LogP contribution in [0.2, 0.25) is 0 Å². The Kier molecular flexibility index (Phi) is 4.39. The Hall–Kier alpha value is -1.62. The SMILES string of the molecule is CCc1ccc(Cn2cc(-c3cccc(I)c3)cn2)cc1. The van der Waals surface area contributed by atoms with E-state index in [0.717, 1.165) is 13.0 Å². The van der Waals surface area contributed by atoms with Gasteiger partial charge in [0.2, 0.25) is 0 Å². The van der Waals surface area contributed by atoms with Crippen LogP contribution in [-0.2, 0) is 13.0 Å². The first kappa shape index (κ1) is 14.3.